The number of benzene rings is 2. The molecule has 104 valence electrons. The largest absolute Gasteiger partial charge is 0.310 e. The average molecular weight is 369 g/mol. The van der Waals surface area contributed by atoms with Crippen LogP contribution in [0.2, 0.25) is 5.02 Å². The molecule has 1 N–H and O–H groups in total. The Morgan fingerprint density at radius 1 is 1.20 bits per heavy atom. The lowest BCUT2D eigenvalue weighted by Crippen LogP contribution is -2.15. The topological polar surface area (TPSA) is 12.0 Å². The summed E-state index contributed by atoms with van der Waals surface area (Å²) in [7, 11) is 0. The van der Waals surface area contributed by atoms with E-state index in [1.54, 1.807) is 11.8 Å². The molecule has 1 aliphatic carbocycles. The molecule has 0 amide bonds. The quantitative estimate of drug-likeness (QED) is 0.747. The second-order valence-electron chi connectivity index (χ2n) is 4.98. The normalized spacial score (nSPS) is 14.5. The molecule has 2 aromatic carbocycles. The number of rotatable bonds is 5. The maximum Gasteiger partial charge on any atom is 0.0548 e. The van der Waals surface area contributed by atoms with Gasteiger partial charge < -0.3 is 5.32 Å². The van der Waals surface area contributed by atoms with Crippen molar-refractivity contribution in [2.24, 2.45) is 0 Å². The Kier molecular flexibility index (Phi) is 4.72. The summed E-state index contributed by atoms with van der Waals surface area (Å²) in [5.74, 6) is 0. The zero-order chi connectivity index (χ0) is 13.9. The highest BCUT2D eigenvalue weighted by Gasteiger charge is 2.20. The summed E-state index contributed by atoms with van der Waals surface area (Å²) in [5, 5.41) is 4.33. The van der Waals surface area contributed by atoms with E-state index in [9.17, 15) is 0 Å². The van der Waals surface area contributed by atoms with Gasteiger partial charge in [0.2, 0.25) is 0 Å². The van der Waals surface area contributed by atoms with Gasteiger partial charge in [0.1, 0.15) is 0 Å². The molecule has 0 bridgehead atoms. The second-order valence-corrected chi connectivity index (χ2v) is 7.42. The van der Waals surface area contributed by atoms with Crippen LogP contribution in [0.1, 0.15) is 18.4 Å². The summed E-state index contributed by atoms with van der Waals surface area (Å²) in [6, 6.07) is 15.3. The predicted molar refractivity (Wildman–Crippen MR) is 89.6 cm³/mol. The van der Waals surface area contributed by atoms with Crippen LogP contribution in [-0.2, 0) is 6.54 Å². The van der Waals surface area contributed by atoms with Gasteiger partial charge in [0.25, 0.3) is 0 Å². The summed E-state index contributed by atoms with van der Waals surface area (Å²) in [6.45, 7) is 0.909. The van der Waals surface area contributed by atoms with Gasteiger partial charge >= 0.3 is 0 Å². The van der Waals surface area contributed by atoms with Gasteiger partial charge in [-0.05, 0) is 48.7 Å². The van der Waals surface area contributed by atoms with Gasteiger partial charge in [0, 0.05) is 26.9 Å². The summed E-state index contributed by atoms with van der Waals surface area (Å²) >= 11 is 11.6. The van der Waals surface area contributed by atoms with E-state index >= 15 is 0 Å². The van der Waals surface area contributed by atoms with E-state index in [1.807, 2.05) is 12.1 Å². The maximum absolute atomic E-state index is 6.39. The van der Waals surface area contributed by atoms with Crippen molar-refractivity contribution in [3.63, 3.8) is 0 Å². The van der Waals surface area contributed by atoms with Crippen molar-refractivity contribution in [3.8, 4) is 0 Å². The van der Waals surface area contributed by atoms with Crippen LogP contribution in [0.4, 0.5) is 0 Å². The first-order valence-electron chi connectivity index (χ1n) is 6.66. The fourth-order valence-electron chi connectivity index (χ4n) is 1.94. The molecule has 4 heteroatoms. The molecule has 2 aromatic rings. The fourth-order valence-corrected chi connectivity index (χ4v) is 3.69. The van der Waals surface area contributed by atoms with Crippen LogP contribution < -0.4 is 5.32 Å². The van der Waals surface area contributed by atoms with Gasteiger partial charge in [-0.1, -0.05) is 51.4 Å². The third kappa shape index (κ3) is 4.01. The molecule has 0 aliphatic heterocycles. The third-order valence-electron chi connectivity index (χ3n) is 3.19. The molecule has 0 spiro atoms. The van der Waals surface area contributed by atoms with Gasteiger partial charge in [0.15, 0.2) is 0 Å². The molecular formula is C16H15BrClNS. The molecule has 1 saturated carbocycles. The van der Waals surface area contributed by atoms with Crippen LogP contribution >= 0.6 is 39.3 Å². The standard InChI is InChI=1S/C16H15BrClNS/c17-12-2-1-3-14(9-12)20-16-7-4-11(8-15(16)18)10-19-13-5-6-13/h1-4,7-9,13,19H,5-6,10H2. The van der Waals surface area contributed by atoms with Gasteiger partial charge in [-0.2, -0.15) is 0 Å². The highest BCUT2D eigenvalue weighted by atomic mass is 79.9. The molecule has 0 radical (unpaired) electrons. The molecule has 20 heavy (non-hydrogen) atoms. The predicted octanol–water partition coefficient (Wildman–Crippen LogP) is 5.51. The molecule has 0 unspecified atom stereocenters. The second kappa shape index (κ2) is 6.52. The molecular weight excluding hydrogens is 354 g/mol. The third-order valence-corrected chi connectivity index (χ3v) is 5.18. The summed E-state index contributed by atoms with van der Waals surface area (Å²) in [4.78, 5) is 2.28. The SMILES string of the molecule is Clc1cc(CNC2CC2)ccc1Sc1cccc(Br)c1. The van der Waals surface area contributed by atoms with E-state index in [4.69, 9.17) is 11.6 Å². The van der Waals surface area contributed by atoms with Crippen molar-refractivity contribution in [3.05, 3.63) is 57.5 Å². The molecule has 0 saturated heterocycles. The van der Waals surface area contributed by atoms with Crippen molar-refractivity contribution in [2.75, 3.05) is 0 Å². The monoisotopic (exact) mass is 367 g/mol. The van der Waals surface area contributed by atoms with Crippen molar-refractivity contribution >= 4 is 39.3 Å². The van der Waals surface area contributed by atoms with Gasteiger partial charge in [-0.15, -0.1) is 0 Å². The summed E-state index contributed by atoms with van der Waals surface area (Å²) < 4.78 is 1.09. The van der Waals surface area contributed by atoms with Gasteiger partial charge in [-0.25, -0.2) is 0 Å². The molecule has 1 nitrogen and oxygen atoms in total. The van der Waals surface area contributed by atoms with Crippen LogP contribution in [0.25, 0.3) is 0 Å². The molecule has 0 atom stereocenters. The Morgan fingerprint density at radius 2 is 2.05 bits per heavy atom. The highest BCUT2D eigenvalue weighted by Crippen LogP contribution is 2.34. The van der Waals surface area contributed by atoms with Crippen molar-refractivity contribution in [1.29, 1.82) is 0 Å². The van der Waals surface area contributed by atoms with E-state index in [1.165, 1.54) is 23.3 Å². The van der Waals surface area contributed by atoms with Gasteiger partial charge in [-0.3, -0.25) is 0 Å². The van der Waals surface area contributed by atoms with Crippen LogP contribution in [0.5, 0.6) is 0 Å². The first kappa shape index (κ1) is 14.5. The van der Waals surface area contributed by atoms with Crippen molar-refractivity contribution in [2.45, 2.75) is 35.2 Å². The zero-order valence-corrected chi connectivity index (χ0v) is 14.1. The Labute approximate surface area is 137 Å². The van der Waals surface area contributed by atoms with Crippen molar-refractivity contribution < 1.29 is 0 Å². The molecule has 3 rings (SSSR count). The Hall–Kier alpha value is -0.480. The van der Waals surface area contributed by atoms with Gasteiger partial charge in [0.05, 0.1) is 5.02 Å². The Balaban J connectivity index is 1.69. The average Bonchev–Trinajstić information content (AvgIpc) is 3.23. The van der Waals surface area contributed by atoms with Crippen LogP contribution in [0.3, 0.4) is 0 Å². The van der Waals surface area contributed by atoms with E-state index < -0.39 is 0 Å². The van der Waals surface area contributed by atoms with E-state index in [0.29, 0.717) is 0 Å². The molecule has 1 aliphatic rings. The lowest BCUT2D eigenvalue weighted by atomic mass is 10.2. The number of hydrogen-bond donors (Lipinski definition) is 1. The Morgan fingerprint density at radius 3 is 2.75 bits per heavy atom. The van der Waals surface area contributed by atoms with E-state index in [2.05, 4.69) is 51.6 Å². The minimum absolute atomic E-state index is 0.726. The minimum atomic E-state index is 0.726. The smallest absolute Gasteiger partial charge is 0.0548 e. The molecule has 1 fully saturated rings. The summed E-state index contributed by atoms with van der Waals surface area (Å²) in [6.07, 6.45) is 2.62. The molecule has 0 aromatic heterocycles. The zero-order valence-electron chi connectivity index (χ0n) is 10.9. The van der Waals surface area contributed by atoms with E-state index in [0.717, 1.165) is 27.0 Å². The van der Waals surface area contributed by atoms with Crippen LogP contribution in [-0.4, -0.2) is 6.04 Å². The fraction of sp³-hybridized carbons (Fsp3) is 0.250. The van der Waals surface area contributed by atoms with Crippen molar-refractivity contribution in [1.82, 2.24) is 5.32 Å². The number of nitrogens with one attached hydrogen (secondary N) is 1. The number of halogens is 2. The first-order valence-corrected chi connectivity index (χ1v) is 8.65. The summed E-state index contributed by atoms with van der Waals surface area (Å²) in [5.41, 5.74) is 1.25. The van der Waals surface area contributed by atoms with Crippen LogP contribution in [0.15, 0.2) is 56.7 Å². The Bertz CT molecular complexity index is 613. The number of hydrogen-bond acceptors (Lipinski definition) is 2. The first-order chi connectivity index (χ1) is 9.70. The minimum Gasteiger partial charge on any atom is -0.310 e. The highest BCUT2D eigenvalue weighted by molar-refractivity contribution is 9.10. The lowest BCUT2D eigenvalue weighted by Gasteiger charge is -2.08. The lowest BCUT2D eigenvalue weighted by molar-refractivity contribution is 0.687. The molecule has 0 heterocycles. The van der Waals surface area contributed by atoms with E-state index in [-0.39, 0.29) is 0 Å². The maximum atomic E-state index is 6.39. The van der Waals surface area contributed by atoms with Crippen LogP contribution in [0, 0.1) is 0 Å².